The first kappa shape index (κ1) is 22.3. The minimum absolute atomic E-state index is 0.0649. The van der Waals surface area contributed by atoms with Gasteiger partial charge in [-0.05, 0) is 49.2 Å². The normalized spacial score (nSPS) is 10.7. The number of benzene rings is 3. The lowest BCUT2D eigenvalue weighted by Gasteiger charge is -2.09. The summed E-state index contributed by atoms with van der Waals surface area (Å²) in [4.78, 5) is 12.2. The van der Waals surface area contributed by atoms with Crippen LogP contribution < -0.4 is 10.1 Å². The number of aromatic nitrogens is 2. The summed E-state index contributed by atoms with van der Waals surface area (Å²) in [5.74, 6) is 1.66. The Morgan fingerprint density at radius 1 is 0.909 bits per heavy atom. The second-order valence-electron chi connectivity index (χ2n) is 8.07. The Labute approximate surface area is 193 Å². The van der Waals surface area contributed by atoms with E-state index in [1.54, 1.807) is 0 Å². The van der Waals surface area contributed by atoms with Crippen LogP contribution in [0.25, 0.3) is 11.5 Å². The third-order valence-corrected chi connectivity index (χ3v) is 5.23. The van der Waals surface area contributed by atoms with Crippen LogP contribution in [0.3, 0.4) is 0 Å². The molecule has 4 rings (SSSR count). The number of rotatable bonds is 9. The first-order valence-corrected chi connectivity index (χ1v) is 11.0. The number of carbonyl (C=O) groups is 1. The number of aryl methyl sites for hydroxylation is 3. The third-order valence-electron chi connectivity index (χ3n) is 5.23. The molecule has 4 aromatic rings. The predicted molar refractivity (Wildman–Crippen MR) is 127 cm³/mol. The van der Waals surface area contributed by atoms with Crippen molar-refractivity contribution in [3.8, 4) is 17.2 Å². The summed E-state index contributed by atoms with van der Waals surface area (Å²) < 4.78 is 11.5. The molecule has 0 atom stereocenters. The highest BCUT2D eigenvalue weighted by Gasteiger charge is 2.10. The van der Waals surface area contributed by atoms with Crippen LogP contribution in [0.2, 0.25) is 0 Å². The zero-order chi connectivity index (χ0) is 23.0. The molecular formula is C27H27N3O3. The summed E-state index contributed by atoms with van der Waals surface area (Å²) in [6.07, 6.45) is 0.684. The van der Waals surface area contributed by atoms with Crippen LogP contribution in [0, 0.1) is 13.8 Å². The van der Waals surface area contributed by atoms with Crippen LogP contribution in [0.15, 0.2) is 77.2 Å². The van der Waals surface area contributed by atoms with E-state index in [-0.39, 0.29) is 12.3 Å². The Morgan fingerprint density at radius 3 is 2.45 bits per heavy atom. The smallest absolute Gasteiger partial charge is 0.247 e. The van der Waals surface area contributed by atoms with Crippen LogP contribution in [-0.2, 0) is 24.4 Å². The number of hydrogen-bond acceptors (Lipinski definition) is 5. The van der Waals surface area contributed by atoms with Crippen molar-refractivity contribution >= 4 is 5.91 Å². The van der Waals surface area contributed by atoms with Crippen molar-refractivity contribution in [1.82, 2.24) is 15.5 Å². The molecule has 6 heteroatoms. The number of hydrogen-bond donors (Lipinski definition) is 1. The van der Waals surface area contributed by atoms with E-state index in [4.69, 9.17) is 9.15 Å². The van der Waals surface area contributed by atoms with Gasteiger partial charge in [0.1, 0.15) is 12.4 Å². The van der Waals surface area contributed by atoms with Gasteiger partial charge in [0, 0.05) is 24.9 Å². The zero-order valence-corrected chi connectivity index (χ0v) is 18.9. The molecule has 0 spiro atoms. The largest absolute Gasteiger partial charge is 0.489 e. The van der Waals surface area contributed by atoms with Crippen LogP contribution in [-0.4, -0.2) is 16.1 Å². The molecule has 0 aliphatic carbocycles. The van der Waals surface area contributed by atoms with E-state index in [9.17, 15) is 4.79 Å². The number of nitrogens with zero attached hydrogens (tertiary/aromatic N) is 2. The highest BCUT2D eigenvalue weighted by Crippen LogP contribution is 2.19. The van der Waals surface area contributed by atoms with Crippen LogP contribution in [0.1, 0.15) is 34.6 Å². The molecule has 6 nitrogen and oxygen atoms in total. The SMILES string of the molecule is Cc1ccc(-c2nnc(CCC(=O)NCc3ccc(OCc4cccc(C)c4)cc3)o2)cc1. The average Bonchev–Trinajstić information content (AvgIpc) is 3.30. The molecule has 168 valence electrons. The van der Waals surface area contributed by atoms with Crippen molar-refractivity contribution in [2.24, 2.45) is 0 Å². The summed E-state index contributed by atoms with van der Waals surface area (Å²) in [5.41, 5.74) is 5.40. The van der Waals surface area contributed by atoms with Crippen molar-refractivity contribution in [3.63, 3.8) is 0 Å². The van der Waals surface area contributed by atoms with Gasteiger partial charge in [-0.3, -0.25) is 4.79 Å². The highest BCUT2D eigenvalue weighted by molar-refractivity contribution is 5.76. The lowest BCUT2D eigenvalue weighted by Crippen LogP contribution is -2.23. The maximum atomic E-state index is 12.2. The molecule has 0 radical (unpaired) electrons. The van der Waals surface area contributed by atoms with Gasteiger partial charge in [-0.1, -0.05) is 59.7 Å². The second-order valence-corrected chi connectivity index (χ2v) is 8.07. The monoisotopic (exact) mass is 441 g/mol. The highest BCUT2D eigenvalue weighted by atomic mass is 16.5. The molecule has 0 unspecified atom stereocenters. The molecule has 0 aliphatic rings. The Kier molecular flexibility index (Phi) is 7.15. The summed E-state index contributed by atoms with van der Waals surface area (Å²) in [5, 5.41) is 11.1. The Bertz CT molecular complexity index is 1200. The van der Waals surface area contributed by atoms with Crippen LogP contribution in [0.5, 0.6) is 5.75 Å². The predicted octanol–water partition coefficient (Wildman–Crippen LogP) is 5.18. The van der Waals surface area contributed by atoms with E-state index < -0.39 is 0 Å². The van der Waals surface area contributed by atoms with E-state index in [2.05, 4.69) is 40.6 Å². The molecule has 0 saturated carbocycles. The molecule has 1 heterocycles. The molecular weight excluding hydrogens is 414 g/mol. The molecule has 1 aromatic heterocycles. The first-order chi connectivity index (χ1) is 16.0. The fourth-order valence-electron chi connectivity index (χ4n) is 3.35. The molecule has 1 amide bonds. The summed E-state index contributed by atoms with van der Waals surface area (Å²) >= 11 is 0. The van der Waals surface area contributed by atoms with Gasteiger partial charge < -0.3 is 14.5 Å². The van der Waals surface area contributed by atoms with Crippen molar-refractivity contribution in [3.05, 3.63) is 101 Å². The maximum absolute atomic E-state index is 12.2. The Hall–Kier alpha value is -3.93. The second kappa shape index (κ2) is 10.6. The summed E-state index contributed by atoms with van der Waals surface area (Å²) in [6.45, 7) is 5.07. The van der Waals surface area contributed by atoms with Crippen molar-refractivity contribution in [2.45, 2.75) is 39.8 Å². The van der Waals surface area contributed by atoms with Gasteiger partial charge in [-0.15, -0.1) is 10.2 Å². The van der Waals surface area contributed by atoms with Gasteiger partial charge in [-0.25, -0.2) is 0 Å². The molecule has 3 aromatic carbocycles. The van der Waals surface area contributed by atoms with Gasteiger partial charge >= 0.3 is 0 Å². The zero-order valence-electron chi connectivity index (χ0n) is 18.9. The topological polar surface area (TPSA) is 77.2 Å². The summed E-state index contributed by atoms with van der Waals surface area (Å²) in [6, 6.07) is 23.9. The Balaban J connectivity index is 1.20. The van der Waals surface area contributed by atoms with Crippen molar-refractivity contribution < 1.29 is 13.9 Å². The van der Waals surface area contributed by atoms with Gasteiger partial charge in [0.05, 0.1) is 0 Å². The van der Waals surface area contributed by atoms with Crippen molar-refractivity contribution in [2.75, 3.05) is 0 Å². The molecule has 0 aliphatic heterocycles. The van der Waals surface area contributed by atoms with Gasteiger partial charge in [0.15, 0.2) is 0 Å². The fourth-order valence-corrected chi connectivity index (χ4v) is 3.35. The first-order valence-electron chi connectivity index (χ1n) is 11.0. The molecule has 0 saturated heterocycles. The van der Waals surface area contributed by atoms with Crippen LogP contribution >= 0.6 is 0 Å². The minimum Gasteiger partial charge on any atom is -0.489 e. The standard InChI is InChI=1S/C27H27N3O3/c1-19-6-10-23(11-7-19)27-30-29-26(33-27)15-14-25(31)28-17-21-8-12-24(13-9-21)32-18-22-5-3-4-20(2)16-22/h3-13,16H,14-15,17-18H2,1-2H3,(H,28,31). The minimum atomic E-state index is -0.0649. The quantitative estimate of drug-likeness (QED) is 0.387. The number of amides is 1. The number of carbonyl (C=O) groups excluding carboxylic acids is 1. The van der Waals surface area contributed by atoms with Gasteiger partial charge in [-0.2, -0.15) is 0 Å². The molecule has 0 fully saturated rings. The maximum Gasteiger partial charge on any atom is 0.247 e. The third kappa shape index (κ3) is 6.53. The molecule has 1 N–H and O–H groups in total. The van der Waals surface area contributed by atoms with Gasteiger partial charge in [0.2, 0.25) is 17.7 Å². The van der Waals surface area contributed by atoms with E-state index in [1.165, 1.54) is 11.1 Å². The summed E-state index contributed by atoms with van der Waals surface area (Å²) in [7, 11) is 0. The molecule has 0 bridgehead atoms. The number of ether oxygens (including phenoxy) is 1. The Morgan fingerprint density at radius 2 is 1.70 bits per heavy atom. The van der Waals surface area contributed by atoms with Gasteiger partial charge in [0.25, 0.3) is 0 Å². The van der Waals surface area contributed by atoms with Crippen molar-refractivity contribution in [1.29, 1.82) is 0 Å². The van der Waals surface area contributed by atoms with E-state index in [1.807, 2.05) is 61.5 Å². The van der Waals surface area contributed by atoms with E-state index >= 15 is 0 Å². The molecule has 33 heavy (non-hydrogen) atoms. The van der Waals surface area contributed by atoms with E-state index in [0.717, 1.165) is 22.4 Å². The van der Waals surface area contributed by atoms with E-state index in [0.29, 0.717) is 31.4 Å². The lowest BCUT2D eigenvalue weighted by molar-refractivity contribution is -0.121. The fraction of sp³-hybridized carbons (Fsp3) is 0.222. The lowest BCUT2D eigenvalue weighted by atomic mass is 10.1. The number of nitrogens with one attached hydrogen (secondary N) is 1. The average molecular weight is 442 g/mol. The van der Waals surface area contributed by atoms with Crippen LogP contribution in [0.4, 0.5) is 0 Å².